The third-order valence-corrected chi connectivity index (χ3v) is 3.93. The Labute approximate surface area is 116 Å². The second kappa shape index (κ2) is 4.49. The van der Waals surface area contributed by atoms with E-state index >= 15 is 0 Å². The van der Waals surface area contributed by atoms with Gasteiger partial charge >= 0.3 is 5.63 Å². The molecule has 0 aliphatic carbocycles. The van der Waals surface area contributed by atoms with Crippen molar-refractivity contribution >= 4 is 11.0 Å². The minimum absolute atomic E-state index is 0.203. The maximum absolute atomic E-state index is 11.3. The van der Waals surface area contributed by atoms with Crippen LogP contribution in [0.25, 0.3) is 11.0 Å². The van der Waals surface area contributed by atoms with Crippen LogP contribution >= 0.6 is 0 Å². The lowest BCUT2D eigenvalue weighted by atomic mass is 10.0. The van der Waals surface area contributed by atoms with Crippen LogP contribution in [0.15, 0.2) is 51.7 Å². The first-order valence-electron chi connectivity index (χ1n) is 6.91. The van der Waals surface area contributed by atoms with E-state index in [1.54, 1.807) is 12.1 Å². The van der Waals surface area contributed by atoms with Crippen molar-refractivity contribution in [1.82, 2.24) is 5.32 Å². The van der Waals surface area contributed by atoms with E-state index in [1.165, 1.54) is 6.07 Å². The fourth-order valence-electron chi connectivity index (χ4n) is 3.01. The van der Waals surface area contributed by atoms with Gasteiger partial charge in [0.25, 0.3) is 0 Å². The molecule has 1 saturated heterocycles. The summed E-state index contributed by atoms with van der Waals surface area (Å²) >= 11 is 0. The first-order chi connectivity index (χ1) is 9.76. The van der Waals surface area contributed by atoms with Crippen molar-refractivity contribution < 1.29 is 9.15 Å². The number of benzene rings is 1. The summed E-state index contributed by atoms with van der Waals surface area (Å²) in [6, 6.07) is 9.70. The highest BCUT2D eigenvalue weighted by atomic mass is 16.5. The smallest absolute Gasteiger partial charge is 0.336 e. The van der Waals surface area contributed by atoms with E-state index in [9.17, 15) is 4.79 Å². The Morgan fingerprint density at radius 3 is 2.65 bits per heavy atom. The lowest BCUT2D eigenvalue weighted by Crippen LogP contribution is -2.43. The number of hydrogen-bond acceptors (Lipinski definition) is 4. The van der Waals surface area contributed by atoms with Crippen molar-refractivity contribution in [3.05, 3.63) is 52.9 Å². The Morgan fingerprint density at radius 2 is 1.85 bits per heavy atom. The number of ether oxygens (including phenoxy) is 1. The molecule has 3 heterocycles. The van der Waals surface area contributed by atoms with Gasteiger partial charge in [-0.2, -0.15) is 0 Å². The number of rotatable bonds is 2. The van der Waals surface area contributed by atoms with Crippen molar-refractivity contribution in [2.45, 2.75) is 31.0 Å². The van der Waals surface area contributed by atoms with Gasteiger partial charge < -0.3 is 14.5 Å². The summed E-state index contributed by atoms with van der Waals surface area (Å²) < 4.78 is 11.2. The van der Waals surface area contributed by atoms with Crippen LogP contribution in [0.3, 0.4) is 0 Å². The quantitative estimate of drug-likeness (QED) is 0.671. The summed E-state index contributed by atoms with van der Waals surface area (Å²) in [5, 5.41) is 4.40. The maximum atomic E-state index is 11.3. The van der Waals surface area contributed by atoms with Gasteiger partial charge in [-0.3, -0.25) is 0 Å². The summed E-state index contributed by atoms with van der Waals surface area (Å²) in [7, 11) is 0. The van der Waals surface area contributed by atoms with Crippen LogP contribution in [-0.2, 0) is 0 Å². The van der Waals surface area contributed by atoms with E-state index in [1.807, 2.05) is 12.1 Å². The number of nitrogens with one attached hydrogen (secondary N) is 1. The summed E-state index contributed by atoms with van der Waals surface area (Å²) in [5.74, 6) is 0.762. The molecule has 102 valence electrons. The van der Waals surface area contributed by atoms with E-state index in [0.29, 0.717) is 17.7 Å². The van der Waals surface area contributed by atoms with Gasteiger partial charge in [-0.25, -0.2) is 4.79 Å². The summed E-state index contributed by atoms with van der Waals surface area (Å²) in [4.78, 5) is 11.3. The van der Waals surface area contributed by atoms with Crippen LogP contribution in [-0.4, -0.2) is 18.2 Å². The standard InChI is InChI=1S/C16H15NO3/c18-16-6-2-10-1-5-13(9-15(10)20-16)19-14-7-11-3-4-12(8-14)17-11/h1-6,9,11-12,14,17H,7-8H2. The highest BCUT2D eigenvalue weighted by molar-refractivity contribution is 5.77. The first-order valence-corrected chi connectivity index (χ1v) is 6.91. The Morgan fingerprint density at radius 1 is 1.10 bits per heavy atom. The molecule has 2 bridgehead atoms. The van der Waals surface area contributed by atoms with E-state index in [0.717, 1.165) is 24.0 Å². The Balaban J connectivity index is 1.58. The van der Waals surface area contributed by atoms with Crippen LogP contribution in [0.5, 0.6) is 5.75 Å². The van der Waals surface area contributed by atoms with Crippen molar-refractivity contribution in [2.75, 3.05) is 0 Å². The molecular weight excluding hydrogens is 254 g/mol. The Bertz CT molecular complexity index is 720. The normalized spacial score (nSPS) is 27.9. The van der Waals surface area contributed by atoms with Gasteiger partial charge in [0.15, 0.2) is 0 Å². The van der Waals surface area contributed by atoms with Gasteiger partial charge in [0, 0.05) is 42.4 Å². The average molecular weight is 269 g/mol. The molecule has 2 aromatic rings. The molecule has 20 heavy (non-hydrogen) atoms. The van der Waals surface area contributed by atoms with Crippen LogP contribution < -0.4 is 15.7 Å². The van der Waals surface area contributed by atoms with E-state index in [4.69, 9.17) is 9.15 Å². The molecule has 0 amide bonds. The van der Waals surface area contributed by atoms with Crippen LogP contribution in [0, 0.1) is 0 Å². The predicted molar refractivity (Wildman–Crippen MR) is 76.0 cm³/mol. The minimum Gasteiger partial charge on any atom is -0.490 e. The van der Waals surface area contributed by atoms with Gasteiger partial charge in [-0.05, 0) is 18.2 Å². The number of fused-ring (bicyclic) bond motifs is 3. The van der Waals surface area contributed by atoms with Crippen molar-refractivity contribution in [3.8, 4) is 5.75 Å². The second-order valence-electron chi connectivity index (χ2n) is 5.43. The largest absolute Gasteiger partial charge is 0.490 e. The van der Waals surface area contributed by atoms with Crippen molar-refractivity contribution in [2.24, 2.45) is 0 Å². The summed E-state index contributed by atoms with van der Waals surface area (Å²) in [6.07, 6.45) is 6.59. The molecule has 2 aliphatic rings. The molecule has 1 N–H and O–H groups in total. The lowest BCUT2D eigenvalue weighted by molar-refractivity contribution is 0.142. The third-order valence-electron chi connectivity index (χ3n) is 3.93. The maximum Gasteiger partial charge on any atom is 0.336 e. The second-order valence-corrected chi connectivity index (χ2v) is 5.43. The molecule has 0 radical (unpaired) electrons. The highest BCUT2D eigenvalue weighted by Gasteiger charge is 2.30. The molecular formula is C16H15NO3. The van der Waals surface area contributed by atoms with Gasteiger partial charge in [0.1, 0.15) is 17.4 Å². The Kier molecular flexibility index (Phi) is 2.63. The van der Waals surface area contributed by atoms with Crippen molar-refractivity contribution in [1.29, 1.82) is 0 Å². The fraction of sp³-hybridized carbons (Fsp3) is 0.312. The van der Waals surface area contributed by atoms with Crippen molar-refractivity contribution in [3.63, 3.8) is 0 Å². The zero-order chi connectivity index (χ0) is 13.5. The third kappa shape index (κ3) is 2.12. The number of hydrogen-bond donors (Lipinski definition) is 1. The van der Waals surface area contributed by atoms with Gasteiger partial charge in [-0.15, -0.1) is 0 Å². The average Bonchev–Trinajstić information content (AvgIpc) is 2.77. The molecule has 0 spiro atoms. The van der Waals surface area contributed by atoms with Gasteiger partial charge in [0.2, 0.25) is 0 Å². The van der Waals surface area contributed by atoms with Gasteiger partial charge in [0.05, 0.1) is 0 Å². The topological polar surface area (TPSA) is 51.5 Å². The van der Waals surface area contributed by atoms with Crippen LogP contribution in [0.1, 0.15) is 12.8 Å². The Hall–Kier alpha value is -2.07. The highest BCUT2D eigenvalue weighted by Crippen LogP contribution is 2.27. The minimum atomic E-state index is -0.334. The molecule has 1 aromatic carbocycles. The monoisotopic (exact) mass is 269 g/mol. The van der Waals surface area contributed by atoms with E-state index < -0.39 is 0 Å². The first kappa shape index (κ1) is 11.7. The SMILES string of the molecule is O=c1ccc2ccc(OC3CC4C=CC(C3)N4)cc2o1. The summed E-state index contributed by atoms with van der Waals surface area (Å²) in [5.41, 5.74) is 0.240. The molecule has 1 aromatic heterocycles. The van der Waals surface area contributed by atoms with E-state index in [-0.39, 0.29) is 11.7 Å². The molecule has 1 fully saturated rings. The predicted octanol–water partition coefficient (Wildman–Crippen LogP) is 2.23. The molecule has 4 nitrogen and oxygen atoms in total. The fourth-order valence-corrected chi connectivity index (χ4v) is 3.01. The molecule has 2 unspecified atom stereocenters. The molecule has 4 rings (SSSR count). The molecule has 4 heteroatoms. The number of piperidine rings is 1. The lowest BCUT2D eigenvalue weighted by Gasteiger charge is -2.29. The van der Waals surface area contributed by atoms with E-state index in [2.05, 4.69) is 17.5 Å². The molecule has 2 atom stereocenters. The van der Waals surface area contributed by atoms with Crippen LogP contribution in [0.4, 0.5) is 0 Å². The zero-order valence-corrected chi connectivity index (χ0v) is 10.9. The summed E-state index contributed by atoms with van der Waals surface area (Å²) in [6.45, 7) is 0. The molecule has 2 aliphatic heterocycles. The van der Waals surface area contributed by atoms with Gasteiger partial charge in [-0.1, -0.05) is 12.2 Å². The zero-order valence-electron chi connectivity index (χ0n) is 10.9. The molecule has 0 saturated carbocycles. The van der Waals surface area contributed by atoms with Crippen LogP contribution in [0.2, 0.25) is 0 Å².